The first-order valence-corrected chi connectivity index (χ1v) is 13.0. The molecule has 184 valence electrons. The van der Waals surface area contributed by atoms with Gasteiger partial charge in [0.15, 0.2) is 0 Å². The van der Waals surface area contributed by atoms with E-state index in [-0.39, 0.29) is 29.7 Å². The lowest BCUT2D eigenvalue weighted by molar-refractivity contribution is -0.127. The van der Waals surface area contributed by atoms with Gasteiger partial charge in [-0.15, -0.1) is 0 Å². The lowest BCUT2D eigenvalue weighted by Crippen LogP contribution is -2.32. The zero-order valence-electron chi connectivity index (χ0n) is 20.1. The molecule has 0 unspecified atom stereocenters. The van der Waals surface area contributed by atoms with Crippen LogP contribution in [0.2, 0.25) is 0 Å². The fourth-order valence-electron chi connectivity index (χ4n) is 3.93. The molecule has 1 saturated heterocycles. The monoisotopic (exact) mass is 486 g/mol. The Bertz CT molecular complexity index is 1120. The molecule has 1 aliphatic heterocycles. The van der Waals surface area contributed by atoms with Crippen molar-refractivity contribution in [2.75, 3.05) is 44.4 Å². The second-order valence-electron chi connectivity index (χ2n) is 8.82. The molecule has 3 rings (SSSR count). The van der Waals surface area contributed by atoms with Gasteiger partial charge in [0.25, 0.3) is 0 Å². The van der Waals surface area contributed by atoms with Crippen molar-refractivity contribution in [3.63, 3.8) is 0 Å². The van der Waals surface area contributed by atoms with E-state index in [2.05, 4.69) is 10.6 Å². The molecule has 0 aliphatic carbocycles. The molecule has 0 radical (unpaired) electrons. The lowest BCUT2D eigenvalue weighted by atomic mass is 10.1. The van der Waals surface area contributed by atoms with Gasteiger partial charge in [0.1, 0.15) is 0 Å². The Balaban J connectivity index is 1.68. The Labute approximate surface area is 202 Å². The first-order valence-electron chi connectivity index (χ1n) is 11.6. The van der Waals surface area contributed by atoms with Crippen molar-refractivity contribution in [3.8, 4) is 0 Å². The van der Waals surface area contributed by atoms with Crippen LogP contribution in [0.25, 0.3) is 0 Å². The van der Waals surface area contributed by atoms with E-state index in [9.17, 15) is 18.0 Å². The number of nitrogens with zero attached hydrogens (tertiary/aromatic N) is 2. The molecule has 0 bridgehead atoms. The Morgan fingerprint density at radius 2 is 1.68 bits per heavy atom. The van der Waals surface area contributed by atoms with Crippen molar-refractivity contribution >= 4 is 33.2 Å². The quantitative estimate of drug-likeness (QED) is 0.597. The zero-order chi connectivity index (χ0) is 24.7. The van der Waals surface area contributed by atoms with Crippen LogP contribution in [-0.2, 0) is 26.0 Å². The smallest absolute Gasteiger partial charge is 0.243 e. The van der Waals surface area contributed by atoms with Crippen LogP contribution in [0.15, 0.2) is 47.4 Å². The normalized spacial score (nSPS) is 14.8. The minimum absolute atomic E-state index is 0.0186. The predicted molar refractivity (Wildman–Crippen MR) is 134 cm³/mol. The summed E-state index contributed by atoms with van der Waals surface area (Å²) in [4.78, 5) is 26.5. The molecule has 0 atom stereocenters. The van der Waals surface area contributed by atoms with Gasteiger partial charge in [-0.05, 0) is 49.1 Å². The number of likely N-dealkylation sites (N-methyl/N-ethyl adjacent to an activating group) is 1. The largest absolute Gasteiger partial charge is 0.376 e. The van der Waals surface area contributed by atoms with Crippen LogP contribution < -0.4 is 10.6 Å². The number of nitrogens with one attached hydrogen (secondary N) is 2. The van der Waals surface area contributed by atoms with Crippen molar-refractivity contribution in [1.82, 2.24) is 9.21 Å². The van der Waals surface area contributed by atoms with Gasteiger partial charge in [0.2, 0.25) is 21.8 Å². The maximum Gasteiger partial charge on any atom is 0.243 e. The van der Waals surface area contributed by atoms with Crippen LogP contribution in [0.5, 0.6) is 0 Å². The molecule has 2 aromatic carbocycles. The minimum atomic E-state index is -3.62. The first-order chi connectivity index (χ1) is 16.2. The molecule has 0 spiro atoms. The standard InChI is InChI=1S/C25H34N4O4S/c1-19-12-13-21(17-23(19)34(32,33)29-14-8-4-5-9-15-29)27-24(30)18-26-22-11-7-6-10-20(22)16-25(31)28(2)3/h6-7,10-13,17,26H,4-5,8-9,14-16,18H2,1-3H3,(H,27,30). The van der Waals surface area contributed by atoms with Crippen molar-refractivity contribution < 1.29 is 18.0 Å². The average Bonchev–Trinajstić information content (AvgIpc) is 3.10. The number of sulfonamides is 1. The topological polar surface area (TPSA) is 98.8 Å². The summed E-state index contributed by atoms with van der Waals surface area (Å²) in [6.45, 7) is 2.80. The Kier molecular flexibility index (Phi) is 8.68. The Hall–Kier alpha value is -2.91. The highest BCUT2D eigenvalue weighted by atomic mass is 32.2. The number of carbonyl (C=O) groups is 2. The van der Waals surface area contributed by atoms with Crippen molar-refractivity contribution in [3.05, 3.63) is 53.6 Å². The summed E-state index contributed by atoms with van der Waals surface area (Å²) in [6.07, 6.45) is 4.04. The maximum atomic E-state index is 13.3. The van der Waals surface area contributed by atoms with E-state index in [0.29, 0.717) is 30.0 Å². The summed E-state index contributed by atoms with van der Waals surface area (Å²) in [5.74, 6) is -0.341. The number of anilines is 2. The molecule has 2 N–H and O–H groups in total. The van der Waals surface area contributed by atoms with E-state index in [1.165, 1.54) is 11.0 Å². The van der Waals surface area contributed by atoms with E-state index in [1.54, 1.807) is 37.5 Å². The maximum absolute atomic E-state index is 13.3. The van der Waals surface area contributed by atoms with E-state index in [0.717, 1.165) is 31.2 Å². The van der Waals surface area contributed by atoms with Crippen LogP contribution >= 0.6 is 0 Å². The SMILES string of the molecule is Cc1ccc(NC(=O)CNc2ccccc2CC(=O)N(C)C)cc1S(=O)(=O)N1CCCCCC1. The molecule has 8 nitrogen and oxygen atoms in total. The number of rotatable bonds is 8. The number of benzene rings is 2. The number of hydrogen-bond donors (Lipinski definition) is 2. The highest BCUT2D eigenvalue weighted by Gasteiger charge is 2.27. The molecule has 0 saturated carbocycles. The number of carbonyl (C=O) groups excluding carboxylic acids is 2. The van der Waals surface area contributed by atoms with Crippen molar-refractivity contribution in [1.29, 1.82) is 0 Å². The van der Waals surface area contributed by atoms with Gasteiger partial charge >= 0.3 is 0 Å². The second-order valence-corrected chi connectivity index (χ2v) is 10.7. The van der Waals surface area contributed by atoms with E-state index in [1.807, 2.05) is 24.3 Å². The highest BCUT2D eigenvalue weighted by Crippen LogP contribution is 2.26. The van der Waals surface area contributed by atoms with Crippen LogP contribution in [0.4, 0.5) is 11.4 Å². The number of aryl methyl sites for hydroxylation is 1. The Morgan fingerprint density at radius 1 is 1.00 bits per heavy atom. The van der Waals surface area contributed by atoms with E-state index < -0.39 is 10.0 Å². The fraction of sp³-hybridized carbons (Fsp3) is 0.440. The fourth-order valence-corrected chi connectivity index (χ4v) is 5.69. The molecule has 1 fully saturated rings. The van der Waals surface area contributed by atoms with Gasteiger partial charge in [-0.1, -0.05) is 37.1 Å². The molecular formula is C25H34N4O4S. The molecule has 0 aromatic heterocycles. The van der Waals surface area contributed by atoms with Gasteiger partial charge in [0.05, 0.1) is 17.9 Å². The Morgan fingerprint density at radius 3 is 2.35 bits per heavy atom. The summed E-state index contributed by atoms with van der Waals surface area (Å²) >= 11 is 0. The summed E-state index contributed by atoms with van der Waals surface area (Å²) in [7, 11) is -0.217. The molecule has 34 heavy (non-hydrogen) atoms. The van der Waals surface area contributed by atoms with Crippen LogP contribution in [0.3, 0.4) is 0 Å². The van der Waals surface area contributed by atoms with Gasteiger partial charge in [-0.2, -0.15) is 4.31 Å². The van der Waals surface area contributed by atoms with Gasteiger partial charge in [-0.25, -0.2) is 8.42 Å². The third-order valence-electron chi connectivity index (χ3n) is 5.95. The van der Waals surface area contributed by atoms with Gasteiger partial charge < -0.3 is 15.5 Å². The average molecular weight is 487 g/mol. The van der Waals surface area contributed by atoms with Gasteiger partial charge in [0, 0.05) is 38.6 Å². The van der Waals surface area contributed by atoms with Crippen molar-refractivity contribution in [2.45, 2.75) is 43.9 Å². The molecule has 1 aliphatic rings. The van der Waals surface area contributed by atoms with Crippen LogP contribution in [0, 0.1) is 6.92 Å². The third kappa shape index (κ3) is 6.57. The molecule has 1 heterocycles. The highest BCUT2D eigenvalue weighted by molar-refractivity contribution is 7.89. The summed E-state index contributed by atoms with van der Waals surface area (Å²) in [6, 6.07) is 12.3. The predicted octanol–water partition coefficient (Wildman–Crippen LogP) is 3.24. The first kappa shape index (κ1) is 25.7. The number of hydrogen-bond acceptors (Lipinski definition) is 5. The molecule has 2 amide bonds. The zero-order valence-corrected chi connectivity index (χ0v) is 21.0. The third-order valence-corrected chi connectivity index (χ3v) is 7.99. The van der Waals surface area contributed by atoms with Crippen molar-refractivity contribution in [2.24, 2.45) is 0 Å². The van der Waals surface area contributed by atoms with Gasteiger partial charge in [-0.3, -0.25) is 9.59 Å². The summed E-state index contributed by atoms with van der Waals surface area (Å²) in [5, 5.41) is 5.87. The van der Waals surface area contributed by atoms with Crippen LogP contribution in [-0.4, -0.2) is 63.2 Å². The van der Waals surface area contributed by atoms with Crippen LogP contribution in [0.1, 0.15) is 36.8 Å². The van der Waals surface area contributed by atoms with E-state index in [4.69, 9.17) is 0 Å². The number of amides is 2. The van der Waals surface area contributed by atoms with E-state index >= 15 is 0 Å². The molecular weight excluding hydrogens is 452 g/mol. The summed E-state index contributed by atoms with van der Waals surface area (Å²) < 4.78 is 28.1. The summed E-state index contributed by atoms with van der Waals surface area (Å²) in [5.41, 5.74) is 2.60. The number of para-hydroxylation sites is 1. The second kappa shape index (κ2) is 11.5. The molecule has 9 heteroatoms. The lowest BCUT2D eigenvalue weighted by Gasteiger charge is -2.21. The minimum Gasteiger partial charge on any atom is -0.376 e. The molecule has 2 aromatic rings.